The van der Waals surface area contributed by atoms with E-state index in [1.54, 1.807) is 36.7 Å². The van der Waals surface area contributed by atoms with Gasteiger partial charge in [-0.05, 0) is 55.9 Å². The van der Waals surface area contributed by atoms with Gasteiger partial charge in [0, 0.05) is 19.3 Å². The first-order chi connectivity index (χ1) is 17.5. The number of aromatic nitrogens is 1. The maximum atomic E-state index is 13.8. The number of sulfonamides is 1. The molecule has 0 saturated carbocycles. The Morgan fingerprint density at radius 2 is 1.81 bits per heavy atom. The summed E-state index contributed by atoms with van der Waals surface area (Å²) < 4.78 is 39.5. The van der Waals surface area contributed by atoms with Gasteiger partial charge in [0.1, 0.15) is 0 Å². The van der Waals surface area contributed by atoms with Crippen LogP contribution in [0.15, 0.2) is 47.6 Å². The fourth-order valence-electron chi connectivity index (χ4n) is 4.33. The monoisotopic (exact) mass is 532 g/mol. The number of hydrogen-bond donors (Lipinski definition) is 1. The molecule has 2 atom stereocenters. The molecular weight excluding hydrogens is 492 g/mol. The Morgan fingerprint density at radius 1 is 1.11 bits per heavy atom. The number of anilines is 2. The molecule has 9 nitrogen and oxygen atoms in total. The number of nitrogens with one attached hydrogen (secondary N) is 1. The molecule has 1 N–H and O–H groups in total. The normalized spacial score (nSPS) is 16.0. The Balaban J connectivity index is 1.88. The molecule has 1 aliphatic rings. The summed E-state index contributed by atoms with van der Waals surface area (Å²) in [6, 6.07) is 7.97. The molecule has 2 unspecified atom stereocenters. The van der Waals surface area contributed by atoms with E-state index in [9.17, 15) is 13.2 Å². The smallest absolute Gasteiger partial charge is 0.424 e. The predicted octanol–water partition coefficient (Wildman–Crippen LogP) is 5.09. The van der Waals surface area contributed by atoms with Gasteiger partial charge < -0.3 is 19.7 Å². The van der Waals surface area contributed by atoms with Crippen LogP contribution in [0.1, 0.15) is 53.5 Å². The Morgan fingerprint density at radius 3 is 2.43 bits per heavy atom. The summed E-state index contributed by atoms with van der Waals surface area (Å²) >= 11 is 0. The number of nitrogens with zero attached hydrogens (tertiary/aromatic N) is 3. The van der Waals surface area contributed by atoms with Crippen molar-refractivity contribution < 1.29 is 22.7 Å². The van der Waals surface area contributed by atoms with Gasteiger partial charge in [-0.25, -0.2) is 13.2 Å². The maximum absolute atomic E-state index is 13.8. The molecule has 2 aromatic rings. The highest BCUT2D eigenvalue weighted by Crippen LogP contribution is 2.34. The van der Waals surface area contributed by atoms with Crippen LogP contribution in [0.3, 0.4) is 0 Å². The van der Waals surface area contributed by atoms with Crippen LogP contribution in [0.4, 0.5) is 16.2 Å². The van der Waals surface area contributed by atoms with Gasteiger partial charge >= 0.3 is 6.09 Å². The van der Waals surface area contributed by atoms with Gasteiger partial charge in [-0.1, -0.05) is 39.8 Å². The van der Waals surface area contributed by atoms with E-state index in [0.29, 0.717) is 19.6 Å². The summed E-state index contributed by atoms with van der Waals surface area (Å²) in [4.78, 5) is 19.6. The van der Waals surface area contributed by atoms with E-state index in [1.807, 2.05) is 40.7 Å². The van der Waals surface area contributed by atoms with Gasteiger partial charge in [0.25, 0.3) is 10.0 Å². The first kappa shape index (κ1) is 28.7. The Bertz CT molecular complexity index is 1140. The summed E-state index contributed by atoms with van der Waals surface area (Å²) in [6.45, 7) is 12.9. The minimum Gasteiger partial charge on any atom is -0.448 e. The highest BCUT2D eigenvalue weighted by Gasteiger charge is 2.38. The van der Waals surface area contributed by atoms with Crippen LogP contribution in [0.2, 0.25) is 0 Å². The zero-order valence-electron chi connectivity index (χ0n) is 22.7. The van der Waals surface area contributed by atoms with Crippen molar-refractivity contribution >= 4 is 27.5 Å². The van der Waals surface area contributed by atoms with Crippen LogP contribution in [-0.4, -0.2) is 55.8 Å². The first-order valence-electron chi connectivity index (χ1n) is 12.9. The number of benzene rings is 1. The number of carbonyl (C=O) groups is 1. The third-order valence-corrected chi connectivity index (χ3v) is 7.92. The van der Waals surface area contributed by atoms with Crippen molar-refractivity contribution in [2.24, 2.45) is 11.8 Å². The first-order valence-corrected chi connectivity index (χ1v) is 14.3. The van der Waals surface area contributed by atoms with Gasteiger partial charge in [0.2, 0.25) is 0 Å². The number of amides is 1. The highest BCUT2D eigenvalue weighted by atomic mass is 32.2. The lowest BCUT2D eigenvalue weighted by Gasteiger charge is -2.31. The lowest BCUT2D eigenvalue weighted by molar-refractivity contribution is 0.0658. The number of hydrogen-bond acceptors (Lipinski definition) is 8. The molecule has 0 spiro atoms. The molecule has 1 aromatic carbocycles. The van der Waals surface area contributed by atoms with Crippen molar-refractivity contribution in [1.82, 2.24) is 9.29 Å². The van der Waals surface area contributed by atoms with Crippen LogP contribution in [0.5, 0.6) is 0 Å². The second-order valence-corrected chi connectivity index (χ2v) is 12.0. The zero-order chi connectivity index (χ0) is 27.2. The summed E-state index contributed by atoms with van der Waals surface area (Å²) in [5.41, 5.74) is 2.96. The molecule has 10 heteroatoms. The van der Waals surface area contributed by atoms with Gasteiger partial charge in [-0.2, -0.15) is 4.31 Å². The van der Waals surface area contributed by atoms with E-state index in [-0.39, 0.29) is 36.1 Å². The van der Waals surface area contributed by atoms with E-state index in [4.69, 9.17) is 9.47 Å². The second-order valence-electron chi connectivity index (χ2n) is 10.2. The molecule has 1 aliphatic heterocycles. The molecule has 37 heavy (non-hydrogen) atoms. The summed E-state index contributed by atoms with van der Waals surface area (Å²) in [7, 11) is -4.18. The van der Waals surface area contributed by atoms with Gasteiger partial charge in [-0.15, -0.1) is 0 Å². The second kappa shape index (κ2) is 12.6. The minimum atomic E-state index is -4.18. The molecule has 3 rings (SSSR count). The summed E-state index contributed by atoms with van der Waals surface area (Å²) in [5, 5.41) is 3.39. The van der Waals surface area contributed by atoms with Crippen molar-refractivity contribution in [3.8, 4) is 0 Å². The van der Waals surface area contributed by atoms with Crippen LogP contribution >= 0.6 is 0 Å². The van der Waals surface area contributed by atoms with Crippen molar-refractivity contribution in [2.45, 2.75) is 71.6 Å². The Hall–Kier alpha value is -2.85. The molecule has 1 amide bonds. The number of ether oxygens (including phenoxy) is 2. The molecule has 0 bridgehead atoms. The number of pyridine rings is 1. The van der Waals surface area contributed by atoms with E-state index in [0.717, 1.165) is 21.2 Å². The van der Waals surface area contributed by atoms with Crippen LogP contribution in [-0.2, 0) is 26.0 Å². The quantitative estimate of drug-likeness (QED) is 0.403. The third-order valence-electron chi connectivity index (χ3n) is 6.08. The standard InChI is InChI=1S/C27H40N4O5S/c1-7-35-18-23(14-19(2)3)31(27(32)36-17-20(4)5)37(33,34)24-10-8-22(9-11-24)16-30-21(6)29-25-15-28-13-12-26(25)30/h8-13,15,19-21,23,29H,7,14,16-18H2,1-6H3. The predicted molar refractivity (Wildman–Crippen MR) is 145 cm³/mol. The van der Waals surface area contributed by atoms with Crippen LogP contribution < -0.4 is 10.2 Å². The Labute approximate surface area is 221 Å². The van der Waals surface area contributed by atoms with E-state index >= 15 is 0 Å². The van der Waals surface area contributed by atoms with E-state index in [2.05, 4.69) is 22.1 Å². The fraction of sp³-hybridized carbons (Fsp3) is 0.556. The molecule has 204 valence electrons. The molecule has 0 radical (unpaired) electrons. The van der Waals surface area contributed by atoms with E-state index in [1.165, 1.54) is 0 Å². The fourth-order valence-corrected chi connectivity index (χ4v) is 5.83. The number of rotatable bonds is 12. The van der Waals surface area contributed by atoms with Crippen LogP contribution in [0, 0.1) is 11.8 Å². The average Bonchev–Trinajstić information content (AvgIpc) is 3.16. The minimum absolute atomic E-state index is 0.0418. The number of carbonyl (C=O) groups excluding carboxylic acids is 1. The molecule has 0 aliphatic carbocycles. The zero-order valence-corrected chi connectivity index (χ0v) is 23.5. The lowest BCUT2D eigenvalue weighted by atomic mass is 10.0. The highest BCUT2D eigenvalue weighted by molar-refractivity contribution is 7.89. The number of fused-ring (bicyclic) bond motifs is 1. The van der Waals surface area contributed by atoms with Crippen LogP contribution in [0.25, 0.3) is 0 Å². The molecule has 0 saturated heterocycles. The maximum Gasteiger partial charge on any atom is 0.424 e. The lowest BCUT2D eigenvalue weighted by Crippen LogP contribution is -2.48. The SMILES string of the molecule is CCOCC(CC(C)C)N(C(=O)OCC(C)C)S(=O)(=O)c1ccc(CN2c3ccncc3NC2C)cc1. The third kappa shape index (κ3) is 7.13. The molecule has 2 heterocycles. The van der Waals surface area contributed by atoms with E-state index < -0.39 is 22.2 Å². The summed E-state index contributed by atoms with van der Waals surface area (Å²) in [5.74, 6) is 0.226. The molecular formula is C27H40N4O5S. The van der Waals surface area contributed by atoms with Crippen molar-refractivity contribution in [3.05, 3.63) is 48.3 Å². The largest absolute Gasteiger partial charge is 0.448 e. The molecule has 0 fully saturated rings. The van der Waals surface area contributed by atoms with Gasteiger partial charge in [0.15, 0.2) is 0 Å². The van der Waals surface area contributed by atoms with Gasteiger partial charge in [-0.3, -0.25) is 4.98 Å². The average molecular weight is 533 g/mol. The topological polar surface area (TPSA) is 101 Å². The summed E-state index contributed by atoms with van der Waals surface area (Å²) in [6.07, 6.45) is 3.21. The Kier molecular flexibility index (Phi) is 9.78. The van der Waals surface area contributed by atoms with Crippen molar-refractivity contribution in [2.75, 3.05) is 30.0 Å². The molecule has 1 aromatic heterocycles. The van der Waals surface area contributed by atoms with Crippen molar-refractivity contribution in [1.29, 1.82) is 0 Å². The van der Waals surface area contributed by atoms with Gasteiger partial charge in [0.05, 0.1) is 47.9 Å². The van der Waals surface area contributed by atoms with Crippen molar-refractivity contribution in [3.63, 3.8) is 0 Å².